The Balaban J connectivity index is 4.51. The standard InChI is InChI=1S/C13H25NO4/c1-9(2)13(5,11(16)17)7-10(15)14-8-12(3,4)18-6/h9H,7-8H2,1-6H3,(H,14,15)(H,16,17). The molecule has 0 bridgehead atoms. The highest BCUT2D eigenvalue weighted by atomic mass is 16.5. The Bertz CT molecular complexity index is 312. The maximum Gasteiger partial charge on any atom is 0.310 e. The highest BCUT2D eigenvalue weighted by Crippen LogP contribution is 2.31. The van der Waals surface area contributed by atoms with Crippen LogP contribution in [-0.4, -0.2) is 36.2 Å². The molecule has 1 atom stereocenters. The predicted molar refractivity (Wildman–Crippen MR) is 69.3 cm³/mol. The third-order valence-electron chi connectivity index (χ3n) is 3.55. The predicted octanol–water partition coefficient (Wildman–Crippen LogP) is 1.66. The molecule has 0 heterocycles. The smallest absolute Gasteiger partial charge is 0.310 e. The first kappa shape index (κ1) is 16.9. The molecule has 0 rings (SSSR count). The number of hydrogen-bond acceptors (Lipinski definition) is 3. The summed E-state index contributed by atoms with van der Waals surface area (Å²) >= 11 is 0. The minimum absolute atomic E-state index is 0.0280. The number of ether oxygens (including phenoxy) is 1. The summed E-state index contributed by atoms with van der Waals surface area (Å²) in [6, 6.07) is 0. The first-order valence-electron chi connectivity index (χ1n) is 6.10. The Kier molecular flexibility index (Phi) is 5.80. The number of carbonyl (C=O) groups is 2. The molecule has 1 amide bonds. The normalized spacial score (nSPS) is 15.3. The Morgan fingerprint density at radius 1 is 1.28 bits per heavy atom. The van der Waals surface area contributed by atoms with Gasteiger partial charge in [0.15, 0.2) is 0 Å². The van der Waals surface area contributed by atoms with Crippen molar-refractivity contribution < 1.29 is 19.4 Å². The van der Waals surface area contributed by atoms with Gasteiger partial charge in [-0.3, -0.25) is 9.59 Å². The number of carbonyl (C=O) groups excluding carboxylic acids is 1. The van der Waals surface area contributed by atoms with E-state index in [1.807, 2.05) is 13.8 Å². The summed E-state index contributed by atoms with van der Waals surface area (Å²) in [6.45, 7) is 9.27. The summed E-state index contributed by atoms with van der Waals surface area (Å²) in [5, 5.41) is 11.9. The third-order valence-corrected chi connectivity index (χ3v) is 3.55. The van der Waals surface area contributed by atoms with Gasteiger partial charge in [-0.15, -0.1) is 0 Å². The lowest BCUT2D eigenvalue weighted by Crippen LogP contribution is -2.43. The zero-order valence-corrected chi connectivity index (χ0v) is 12.2. The number of amides is 1. The molecule has 5 nitrogen and oxygen atoms in total. The highest BCUT2D eigenvalue weighted by Gasteiger charge is 2.38. The van der Waals surface area contributed by atoms with Crippen molar-refractivity contribution >= 4 is 11.9 Å². The van der Waals surface area contributed by atoms with Gasteiger partial charge in [0.2, 0.25) is 5.91 Å². The van der Waals surface area contributed by atoms with Crippen molar-refractivity contribution in [1.82, 2.24) is 5.32 Å². The quantitative estimate of drug-likeness (QED) is 0.729. The second-order valence-corrected chi connectivity index (χ2v) is 5.79. The number of carboxylic acid groups (broad SMARTS) is 1. The van der Waals surface area contributed by atoms with Crippen LogP contribution in [0.5, 0.6) is 0 Å². The van der Waals surface area contributed by atoms with E-state index in [0.717, 1.165) is 0 Å². The van der Waals surface area contributed by atoms with E-state index in [0.29, 0.717) is 6.54 Å². The molecule has 0 aromatic rings. The summed E-state index contributed by atoms with van der Waals surface area (Å²) < 4.78 is 5.18. The molecule has 2 N–H and O–H groups in total. The zero-order valence-electron chi connectivity index (χ0n) is 12.2. The van der Waals surface area contributed by atoms with Gasteiger partial charge in [0.05, 0.1) is 11.0 Å². The summed E-state index contributed by atoms with van der Waals surface area (Å²) in [5.74, 6) is -1.33. The van der Waals surface area contributed by atoms with Crippen molar-refractivity contribution in [2.75, 3.05) is 13.7 Å². The number of methoxy groups -OCH3 is 1. The van der Waals surface area contributed by atoms with Crippen LogP contribution in [0.2, 0.25) is 0 Å². The fourth-order valence-electron chi connectivity index (χ4n) is 1.31. The van der Waals surface area contributed by atoms with Crippen LogP contribution in [0.1, 0.15) is 41.0 Å². The van der Waals surface area contributed by atoms with E-state index in [9.17, 15) is 14.7 Å². The van der Waals surface area contributed by atoms with Crippen molar-refractivity contribution in [3.05, 3.63) is 0 Å². The average Bonchev–Trinajstić information content (AvgIpc) is 2.26. The van der Waals surface area contributed by atoms with E-state index in [1.54, 1.807) is 27.9 Å². The zero-order chi connectivity index (χ0) is 14.6. The molecule has 0 saturated heterocycles. The lowest BCUT2D eigenvalue weighted by molar-refractivity contribution is -0.153. The maximum atomic E-state index is 11.8. The Hall–Kier alpha value is -1.10. The topological polar surface area (TPSA) is 75.6 Å². The molecule has 0 aromatic heterocycles. The van der Waals surface area contributed by atoms with Gasteiger partial charge in [-0.25, -0.2) is 0 Å². The van der Waals surface area contributed by atoms with Gasteiger partial charge in [-0.1, -0.05) is 13.8 Å². The van der Waals surface area contributed by atoms with Gasteiger partial charge in [-0.2, -0.15) is 0 Å². The van der Waals surface area contributed by atoms with Crippen LogP contribution in [0, 0.1) is 11.3 Å². The Morgan fingerprint density at radius 3 is 2.11 bits per heavy atom. The molecule has 0 aliphatic carbocycles. The molecule has 18 heavy (non-hydrogen) atoms. The van der Waals surface area contributed by atoms with Crippen LogP contribution in [-0.2, 0) is 14.3 Å². The molecular weight excluding hydrogens is 234 g/mol. The number of nitrogens with one attached hydrogen (secondary N) is 1. The van der Waals surface area contributed by atoms with Gasteiger partial charge in [0.25, 0.3) is 0 Å². The fraction of sp³-hybridized carbons (Fsp3) is 0.846. The van der Waals surface area contributed by atoms with E-state index in [-0.39, 0.29) is 18.2 Å². The molecule has 0 fully saturated rings. The van der Waals surface area contributed by atoms with Gasteiger partial charge < -0.3 is 15.2 Å². The molecule has 0 saturated carbocycles. The molecule has 0 radical (unpaired) electrons. The van der Waals surface area contributed by atoms with Crippen LogP contribution in [0.25, 0.3) is 0 Å². The third kappa shape index (κ3) is 4.64. The average molecular weight is 259 g/mol. The molecule has 106 valence electrons. The van der Waals surface area contributed by atoms with Crippen LogP contribution >= 0.6 is 0 Å². The van der Waals surface area contributed by atoms with E-state index < -0.39 is 17.0 Å². The van der Waals surface area contributed by atoms with E-state index >= 15 is 0 Å². The van der Waals surface area contributed by atoms with Gasteiger partial charge in [0, 0.05) is 20.1 Å². The summed E-state index contributed by atoms with van der Waals surface area (Å²) in [6.07, 6.45) is -0.0280. The maximum absolute atomic E-state index is 11.8. The summed E-state index contributed by atoms with van der Waals surface area (Å²) in [7, 11) is 1.57. The highest BCUT2D eigenvalue weighted by molar-refractivity contribution is 5.84. The SMILES string of the molecule is COC(C)(C)CNC(=O)CC(C)(C(=O)O)C(C)C. The van der Waals surface area contributed by atoms with Crippen LogP contribution < -0.4 is 5.32 Å². The molecule has 1 unspecified atom stereocenters. The monoisotopic (exact) mass is 259 g/mol. The molecule has 0 aliphatic heterocycles. The van der Waals surface area contributed by atoms with Crippen LogP contribution in [0.4, 0.5) is 0 Å². The Labute approximate surface area is 109 Å². The van der Waals surface area contributed by atoms with Crippen molar-refractivity contribution in [2.24, 2.45) is 11.3 Å². The summed E-state index contributed by atoms with van der Waals surface area (Å²) in [4.78, 5) is 23.1. The lowest BCUT2D eigenvalue weighted by Gasteiger charge is -2.29. The van der Waals surface area contributed by atoms with Crippen molar-refractivity contribution in [3.63, 3.8) is 0 Å². The van der Waals surface area contributed by atoms with Crippen molar-refractivity contribution in [3.8, 4) is 0 Å². The summed E-state index contributed by atoms with van der Waals surface area (Å²) in [5.41, 5.74) is -1.49. The van der Waals surface area contributed by atoms with Crippen molar-refractivity contribution in [2.45, 2.75) is 46.6 Å². The first-order valence-corrected chi connectivity index (χ1v) is 6.10. The minimum atomic E-state index is -1.04. The number of carboxylic acids is 1. The van der Waals surface area contributed by atoms with E-state index in [1.165, 1.54) is 0 Å². The molecule has 0 spiro atoms. The molecule has 0 aromatic carbocycles. The number of hydrogen-bond donors (Lipinski definition) is 2. The number of aliphatic carboxylic acids is 1. The van der Waals surface area contributed by atoms with Crippen LogP contribution in [0.3, 0.4) is 0 Å². The second-order valence-electron chi connectivity index (χ2n) is 5.79. The van der Waals surface area contributed by atoms with Gasteiger partial charge in [-0.05, 0) is 26.7 Å². The molecule has 0 aliphatic rings. The minimum Gasteiger partial charge on any atom is -0.481 e. The van der Waals surface area contributed by atoms with Crippen LogP contribution in [0.15, 0.2) is 0 Å². The second kappa shape index (κ2) is 6.18. The van der Waals surface area contributed by atoms with Crippen molar-refractivity contribution in [1.29, 1.82) is 0 Å². The first-order chi connectivity index (χ1) is 8.05. The number of rotatable bonds is 7. The molecular formula is C13H25NO4. The van der Waals surface area contributed by atoms with Gasteiger partial charge in [0.1, 0.15) is 0 Å². The van der Waals surface area contributed by atoms with Gasteiger partial charge >= 0.3 is 5.97 Å². The molecule has 5 heteroatoms. The Morgan fingerprint density at radius 2 is 1.78 bits per heavy atom. The van der Waals surface area contributed by atoms with E-state index in [2.05, 4.69) is 5.32 Å². The lowest BCUT2D eigenvalue weighted by atomic mass is 9.76. The fourth-order valence-corrected chi connectivity index (χ4v) is 1.31. The largest absolute Gasteiger partial charge is 0.481 e. The van der Waals surface area contributed by atoms with E-state index in [4.69, 9.17) is 4.74 Å².